The summed E-state index contributed by atoms with van der Waals surface area (Å²) in [5.41, 5.74) is 0.0244. The minimum atomic E-state index is -4.91. The Bertz CT molecular complexity index is 1330. The minimum absolute atomic E-state index is 0.0641. The molecule has 0 amide bonds. The number of aromatic nitrogens is 4. The zero-order valence-corrected chi connectivity index (χ0v) is 18.1. The van der Waals surface area contributed by atoms with Crippen LogP contribution in [0.25, 0.3) is 22.8 Å². The molecule has 4 aromatic rings. The van der Waals surface area contributed by atoms with Gasteiger partial charge in [-0.25, -0.2) is 14.5 Å². The van der Waals surface area contributed by atoms with Crippen molar-refractivity contribution in [2.75, 3.05) is 0 Å². The summed E-state index contributed by atoms with van der Waals surface area (Å²) in [6.45, 7) is -1.23. The van der Waals surface area contributed by atoms with E-state index in [2.05, 4.69) is 10.1 Å². The van der Waals surface area contributed by atoms with Crippen molar-refractivity contribution in [3.63, 3.8) is 0 Å². The predicted molar refractivity (Wildman–Crippen MR) is 115 cm³/mol. The summed E-state index contributed by atoms with van der Waals surface area (Å²) in [6, 6.07) is 12.9. The van der Waals surface area contributed by atoms with Crippen molar-refractivity contribution in [2.45, 2.75) is 25.4 Å². The lowest BCUT2D eigenvalue weighted by molar-refractivity contribution is -0.207. The highest BCUT2D eigenvalue weighted by Gasteiger charge is 2.39. The summed E-state index contributed by atoms with van der Waals surface area (Å²) in [6.07, 6.45) is -6.29. The third-order valence-corrected chi connectivity index (χ3v) is 5.30. The van der Waals surface area contributed by atoms with E-state index in [1.54, 1.807) is 24.3 Å². The molecule has 4 rings (SSSR count). The van der Waals surface area contributed by atoms with E-state index in [0.29, 0.717) is 21.2 Å². The molecule has 172 valence electrons. The Morgan fingerprint density at radius 1 is 1.09 bits per heavy atom. The molecule has 1 atom stereocenters. The van der Waals surface area contributed by atoms with Crippen LogP contribution in [0, 0.1) is 0 Å². The smallest absolute Gasteiger partial charge is 0.416 e. The minimum Gasteiger partial charge on any atom is -0.439 e. The van der Waals surface area contributed by atoms with Crippen molar-refractivity contribution in [1.29, 1.82) is 0 Å². The summed E-state index contributed by atoms with van der Waals surface area (Å²) in [4.78, 5) is 17.0. The highest BCUT2D eigenvalue weighted by molar-refractivity contribution is 6.33. The molecule has 0 saturated heterocycles. The van der Waals surface area contributed by atoms with Gasteiger partial charge in [0.1, 0.15) is 12.3 Å². The molecule has 0 aliphatic carbocycles. The predicted octanol–water partition coefficient (Wildman–Crippen LogP) is 4.65. The number of halogens is 5. The lowest BCUT2D eigenvalue weighted by Crippen LogP contribution is -2.37. The van der Waals surface area contributed by atoms with Crippen LogP contribution in [0.4, 0.5) is 13.2 Å². The fraction of sp³-hybridized carbons (Fsp3) is 0.190. The van der Waals surface area contributed by atoms with Gasteiger partial charge in [0.05, 0.1) is 23.3 Å². The Hall–Kier alpha value is -3.08. The van der Waals surface area contributed by atoms with Crippen molar-refractivity contribution >= 4 is 23.2 Å². The van der Waals surface area contributed by atoms with Gasteiger partial charge in [-0.1, -0.05) is 35.3 Å². The van der Waals surface area contributed by atoms with Crippen molar-refractivity contribution in [2.24, 2.45) is 0 Å². The van der Waals surface area contributed by atoms with E-state index in [1.165, 1.54) is 30.5 Å². The topological polar surface area (TPSA) is 86.1 Å². The number of hydrogen-bond acceptors (Lipinski definition) is 5. The first kappa shape index (κ1) is 23.1. The molecule has 7 nitrogen and oxygen atoms in total. The van der Waals surface area contributed by atoms with Gasteiger partial charge in [-0.2, -0.15) is 13.2 Å². The van der Waals surface area contributed by atoms with Gasteiger partial charge in [-0.15, -0.1) is 5.10 Å². The zero-order valence-electron chi connectivity index (χ0n) is 16.6. The van der Waals surface area contributed by atoms with E-state index in [0.717, 1.165) is 9.25 Å². The molecule has 0 unspecified atom stereocenters. The first-order valence-electron chi connectivity index (χ1n) is 9.51. The van der Waals surface area contributed by atoms with Crippen LogP contribution in [0.5, 0.6) is 0 Å². The lowest BCUT2D eigenvalue weighted by Gasteiger charge is -2.15. The first-order valence-corrected chi connectivity index (χ1v) is 10.3. The maximum Gasteiger partial charge on any atom is 0.416 e. The highest BCUT2D eigenvalue weighted by Crippen LogP contribution is 2.27. The van der Waals surface area contributed by atoms with Crippen molar-refractivity contribution in [1.82, 2.24) is 19.3 Å². The zero-order chi connectivity index (χ0) is 23.8. The second kappa shape index (κ2) is 9.05. The van der Waals surface area contributed by atoms with Crippen LogP contribution in [0.15, 0.2) is 63.9 Å². The second-order valence-electron chi connectivity index (χ2n) is 7.05. The summed E-state index contributed by atoms with van der Waals surface area (Å²) in [5.74, 6) is 0.384. The van der Waals surface area contributed by atoms with E-state index >= 15 is 0 Å². The number of nitrogens with zero attached hydrogens (tertiary/aromatic N) is 4. The Labute approximate surface area is 194 Å². The van der Waals surface area contributed by atoms with Gasteiger partial charge >= 0.3 is 11.9 Å². The fourth-order valence-electron chi connectivity index (χ4n) is 3.08. The van der Waals surface area contributed by atoms with Gasteiger partial charge in [-0.05, 0) is 36.4 Å². The maximum absolute atomic E-state index is 13.0. The third kappa shape index (κ3) is 4.97. The van der Waals surface area contributed by atoms with E-state index < -0.39 is 24.5 Å². The van der Waals surface area contributed by atoms with Crippen LogP contribution in [-0.4, -0.2) is 36.7 Å². The van der Waals surface area contributed by atoms with Crippen LogP contribution in [0.1, 0.15) is 5.76 Å². The normalized spacial score (nSPS) is 12.8. The van der Waals surface area contributed by atoms with Crippen LogP contribution in [0.3, 0.4) is 0 Å². The Balaban J connectivity index is 1.71. The molecule has 0 aliphatic heterocycles. The monoisotopic (exact) mass is 498 g/mol. The van der Waals surface area contributed by atoms with E-state index in [9.17, 15) is 23.1 Å². The molecular formula is C21H15Cl2F3N4O3. The molecule has 0 spiro atoms. The number of oxazole rings is 1. The van der Waals surface area contributed by atoms with Crippen molar-refractivity contribution in [3.05, 3.63) is 81.0 Å². The van der Waals surface area contributed by atoms with Crippen molar-refractivity contribution < 1.29 is 22.7 Å². The summed E-state index contributed by atoms with van der Waals surface area (Å²) in [7, 11) is 0. The number of rotatable bonds is 6. The molecular weight excluding hydrogens is 484 g/mol. The van der Waals surface area contributed by atoms with E-state index in [1.807, 2.05) is 0 Å². The van der Waals surface area contributed by atoms with E-state index in [4.69, 9.17) is 27.6 Å². The van der Waals surface area contributed by atoms with Gasteiger partial charge < -0.3 is 9.52 Å². The number of aliphatic hydroxyl groups excluding tert-OH is 1. The second-order valence-corrected chi connectivity index (χ2v) is 7.89. The number of aliphatic hydroxyl groups is 1. The number of benzene rings is 2. The Morgan fingerprint density at radius 2 is 1.79 bits per heavy atom. The first-order chi connectivity index (χ1) is 15.6. The Kier molecular flexibility index (Phi) is 6.33. The van der Waals surface area contributed by atoms with Gasteiger partial charge in [0.15, 0.2) is 11.9 Å². The molecule has 2 aromatic heterocycles. The third-order valence-electron chi connectivity index (χ3n) is 4.72. The quantitative estimate of drug-likeness (QED) is 0.418. The summed E-state index contributed by atoms with van der Waals surface area (Å²) >= 11 is 12.0. The molecule has 2 heterocycles. The molecule has 12 heteroatoms. The Morgan fingerprint density at radius 3 is 2.45 bits per heavy atom. The van der Waals surface area contributed by atoms with Gasteiger partial charge in [-0.3, -0.25) is 4.57 Å². The average Bonchev–Trinajstić information content (AvgIpc) is 3.34. The molecule has 0 aliphatic rings. The molecule has 0 bridgehead atoms. The molecule has 2 aromatic carbocycles. The largest absolute Gasteiger partial charge is 0.439 e. The molecule has 0 fully saturated rings. The van der Waals surface area contributed by atoms with Gasteiger partial charge in [0.25, 0.3) is 0 Å². The number of alkyl halides is 3. The van der Waals surface area contributed by atoms with Crippen molar-refractivity contribution in [3.8, 4) is 22.8 Å². The average molecular weight is 499 g/mol. The fourth-order valence-corrected chi connectivity index (χ4v) is 3.43. The highest BCUT2D eigenvalue weighted by atomic mass is 35.5. The van der Waals surface area contributed by atoms with Crippen LogP contribution < -0.4 is 5.69 Å². The summed E-state index contributed by atoms with van der Waals surface area (Å²) < 4.78 is 46.2. The van der Waals surface area contributed by atoms with Crippen LogP contribution in [0.2, 0.25) is 10.0 Å². The molecule has 33 heavy (non-hydrogen) atoms. The maximum atomic E-state index is 13.0. The van der Waals surface area contributed by atoms with Crippen LogP contribution >= 0.6 is 23.2 Å². The molecule has 0 radical (unpaired) electrons. The number of hydrogen-bond donors (Lipinski definition) is 1. The van der Waals surface area contributed by atoms with Gasteiger partial charge in [0, 0.05) is 10.6 Å². The molecule has 1 N–H and O–H groups in total. The standard InChI is InChI=1S/C21H15Cl2F3N4O3/c22-13-7-5-12(6-8-13)18-28-30(20(32)29(18)11-17(31)21(24,25)26)10-14-9-27-19(33-14)15-3-1-2-4-16(15)23/h1-9,17,31H,10-11H2/t17-/m0/s1. The van der Waals surface area contributed by atoms with E-state index in [-0.39, 0.29) is 24.0 Å². The van der Waals surface area contributed by atoms with Crippen LogP contribution in [-0.2, 0) is 13.1 Å². The lowest BCUT2D eigenvalue weighted by atomic mass is 10.2. The summed E-state index contributed by atoms with van der Waals surface area (Å²) in [5, 5.41) is 14.5. The molecule has 0 saturated carbocycles. The SMILES string of the molecule is O=c1n(Cc2cnc(-c3ccccc3Cl)o2)nc(-c2ccc(Cl)cc2)n1C[C@H](O)C(F)(F)F. The van der Waals surface area contributed by atoms with Gasteiger partial charge in [0.2, 0.25) is 5.89 Å².